The number of carbonyl (C=O) groups is 1. The maximum atomic E-state index is 11.7. The molecular formula is C15H18O3. The van der Waals surface area contributed by atoms with Crippen LogP contribution >= 0.6 is 0 Å². The average molecular weight is 246 g/mol. The van der Waals surface area contributed by atoms with Crippen molar-refractivity contribution in [3.8, 4) is 0 Å². The van der Waals surface area contributed by atoms with E-state index in [0.717, 1.165) is 18.4 Å². The Morgan fingerprint density at radius 2 is 2.11 bits per heavy atom. The molecule has 1 aromatic rings. The van der Waals surface area contributed by atoms with Crippen molar-refractivity contribution in [2.24, 2.45) is 0 Å². The molecule has 0 N–H and O–H groups in total. The van der Waals surface area contributed by atoms with Crippen LogP contribution in [0.25, 0.3) is 0 Å². The summed E-state index contributed by atoms with van der Waals surface area (Å²) in [6.07, 6.45) is 5.33. The van der Waals surface area contributed by atoms with Crippen molar-refractivity contribution in [3.05, 3.63) is 48.0 Å². The molecule has 0 bridgehead atoms. The van der Waals surface area contributed by atoms with Crippen molar-refractivity contribution >= 4 is 5.97 Å². The molecule has 3 nitrogen and oxygen atoms in total. The van der Waals surface area contributed by atoms with Crippen LogP contribution in [0.1, 0.15) is 31.4 Å². The van der Waals surface area contributed by atoms with E-state index in [1.54, 1.807) is 0 Å². The number of rotatable bonds is 6. The normalized spacial score (nSPS) is 22.1. The average Bonchev–Trinajstić information content (AvgIpc) is 3.20. The molecule has 96 valence electrons. The highest BCUT2D eigenvalue weighted by Crippen LogP contribution is 2.39. The zero-order chi connectivity index (χ0) is 12.8. The molecule has 0 unspecified atom stereocenters. The third kappa shape index (κ3) is 3.44. The highest BCUT2D eigenvalue weighted by Gasteiger charge is 2.47. The second-order valence-corrected chi connectivity index (χ2v) is 4.22. The van der Waals surface area contributed by atoms with E-state index in [0.29, 0.717) is 6.61 Å². The Morgan fingerprint density at radius 3 is 2.83 bits per heavy atom. The highest BCUT2D eigenvalue weighted by atomic mass is 16.6. The molecule has 0 aliphatic carbocycles. The van der Waals surface area contributed by atoms with E-state index in [2.05, 4.69) is 13.0 Å². The summed E-state index contributed by atoms with van der Waals surface area (Å²) in [6, 6.07) is 9.74. The van der Waals surface area contributed by atoms with E-state index in [4.69, 9.17) is 9.47 Å². The van der Waals surface area contributed by atoms with Gasteiger partial charge in [0.2, 0.25) is 0 Å². The molecule has 1 heterocycles. The predicted molar refractivity (Wildman–Crippen MR) is 69.1 cm³/mol. The van der Waals surface area contributed by atoms with Crippen LogP contribution in [0.5, 0.6) is 0 Å². The Kier molecular flexibility index (Phi) is 4.53. The topological polar surface area (TPSA) is 38.8 Å². The van der Waals surface area contributed by atoms with Crippen LogP contribution in [0.3, 0.4) is 0 Å². The van der Waals surface area contributed by atoms with Crippen LogP contribution in [-0.2, 0) is 14.3 Å². The van der Waals surface area contributed by atoms with Gasteiger partial charge in [-0.3, -0.25) is 0 Å². The van der Waals surface area contributed by atoms with Gasteiger partial charge in [-0.2, -0.15) is 0 Å². The summed E-state index contributed by atoms with van der Waals surface area (Å²) in [6.45, 7) is 2.50. The lowest BCUT2D eigenvalue weighted by Crippen LogP contribution is -2.12. The first-order valence-electron chi connectivity index (χ1n) is 6.35. The van der Waals surface area contributed by atoms with Gasteiger partial charge in [-0.25, -0.2) is 4.79 Å². The fourth-order valence-electron chi connectivity index (χ4n) is 1.78. The molecule has 0 amide bonds. The molecule has 1 fully saturated rings. The predicted octanol–water partition coefficient (Wildman–Crippen LogP) is 3.03. The number of hydrogen-bond donors (Lipinski definition) is 0. The van der Waals surface area contributed by atoms with Crippen LogP contribution in [-0.4, -0.2) is 18.7 Å². The van der Waals surface area contributed by atoms with Gasteiger partial charge < -0.3 is 9.47 Å². The smallest absolute Gasteiger partial charge is 0.338 e. The molecule has 2 rings (SSSR count). The summed E-state index contributed by atoms with van der Waals surface area (Å²) in [5.74, 6) is -0.256. The van der Waals surface area contributed by atoms with Gasteiger partial charge in [-0.1, -0.05) is 49.4 Å². The molecule has 0 spiro atoms. The van der Waals surface area contributed by atoms with Crippen molar-refractivity contribution in [1.29, 1.82) is 0 Å². The number of benzene rings is 1. The summed E-state index contributed by atoms with van der Waals surface area (Å²) in [5, 5.41) is 0. The van der Waals surface area contributed by atoms with Crippen LogP contribution in [0, 0.1) is 0 Å². The second kappa shape index (κ2) is 6.36. The minimum atomic E-state index is -0.414. The van der Waals surface area contributed by atoms with Crippen molar-refractivity contribution in [1.82, 2.24) is 0 Å². The molecule has 1 saturated heterocycles. The Balaban J connectivity index is 1.71. The Bertz CT molecular complexity index is 411. The SMILES string of the molecule is CC/C=C/CCOC(=O)[C@H]1O[C@H]1c1ccccc1. The van der Waals surface area contributed by atoms with Gasteiger partial charge in [-0.05, 0) is 18.4 Å². The molecule has 2 atom stereocenters. The zero-order valence-corrected chi connectivity index (χ0v) is 10.5. The molecule has 1 aliphatic heterocycles. The summed E-state index contributed by atoms with van der Waals surface area (Å²) >= 11 is 0. The molecule has 1 aliphatic rings. The maximum Gasteiger partial charge on any atom is 0.338 e. The minimum Gasteiger partial charge on any atom is -0.463 e. The van der Waals surface area contributed by atoms with Gasteiger partial charge in [0.25, 0.3) is 0 Å². The van der Waals surface area contributed by atoms with Crippen molar-refractivity contribution < 1.29 is 14.3 Å². The molecule has 0 aromatic heterocycles. The fourth-order valence-corrected chi connectivity index (χ4v) is 1.78. The molecule has 0 saturated carbocycles. The minimum absolute atomic E-state index is 0.120. The first-order chi connectivity index (χ1) is 8.83. The summed E-state index contributed by atoms with van der Waals surface area (Å²) in [5.41, 5.74) is 1.03. The summed E-state index contributed by atoms with van der Waals surface area (Å²) < 4.78 is 10.5. The molecule has 0 radical (unpaired) electrons. The van der Waals surface area contributed by atoms with Crippen molar-refractivity contribution in [3.63, 3.8) is 0 Å². The van der Waals surface area contributed by atoms with E-state index in [-0.39, 0.29) is 12.1 Å². The van der Waals surface area contributed by atoms with Crippen molar-refractivity contribution in [2.75, 3.05) is 6.61 Å². The number of carbonyl (C=O) groups excluding carboxylic acids is 1. The summed E-state index contributed by atoms with van der Waals surface area (Å²) in [4.78, 5) is 11.7. The van der Waals surface area contributed by atoms with E-state index >= 15 is 0 Å². The Labute approximate surface area is 107 Å². The monoisotopic (exact) mass is 246 g/mol. The highest BCUT2D eigenvalue weighted by molar-refractivity contribution is 5.78. The lowest BCUT2D eigenvalue weighted by atomic mass is 10.1. The lowest BCUT2D eigenvalue weighted by Gasteiger charge is -2.00. The third-order valence-electron chi connectivity index (χ3n) is 2.78. The standard InChI is InChI=1S/C15H18O3/c1-2-3-4-8-11-17-15(16)14-13(18-14)12-9-6-5-7-10-12/h3-7,9-10,13-14H,2,8,11H2,1H3/b4-3+/t13-,14-/m0/s1. The Hall–Kier alpha value is -1.61. The first kappa shape index (κ1) is 12.8. The molecular weight excluding hydrogens is 228 g/mol. The largest absolute Gasteiger partial charge is 0.463 e. The number of hydrogen-bond acceptors (Lipinski definition) is 3. The second-order valence-electron chi connectivity index (χ2n) is 4.22. The Morgan fingerprint density at radius 1 is 1.33 bits per heavy atom. The fraction of sp³-hybridized carbons (Fsp3) is 0.400. The van der Waals surface area contributed by atoms with Crippen molar-refractivity contribution in [2.45, 2.75) is 32.0 Å². The van der Waals surface area contributed by atoms with E-state index in [1.807, 2.05) is 36.4 Å². The third-order valence-corrected chi connectivity index (χ3v) is 2.78. The van der Waals surface area contributed by atoms with Crippen LogP contribution in [0.4, 0.5) is 0 Å². The van der Waals surface area contributed by atoms with E-state index in [9.17, 15) is 4.79 Å². The number of allylic oxidation sites excluding steroid dienone is 1. The maximum absolute atomic E-state index is 11.7. The number of esters is 1. The van der Waals surface area contributed by atoms with Crippen LogP contribution in [0.15, 0.2) is 42.5 Å². The molecule has 1 aromatic carbocycles. The van der Waals surface area contributed by atoms with Gasteiger partial charge in [0, 0.05) is 0 Å². The zero-order valence-electron chi connectivity index (χ0n) is 10.5. The van der Waals surface area contributed by atoms with Gasteiger partial charge in [0.05, 0.1) is 6.61 Å². The van der Waals surface area contributed by atoms with Crippen LogP contribution in [0.2, 0.25) is 0 Å². The number of epoxide rings is 1. The van der Waals surface area contributed by atoms with E-state index in [1.165, 1.54) is 0 Å². The summed E-state index contributed by atoms with van der Waals surface area (Å²) in [7, 11) is 0. The van der Waals surface area contributed by atoms with Gasteiger partial charge in [0.1, 0.15) is 6.10 Å². The number of ether oxygens (including phenoxy) is 2. The van der Waals surface area contributed by atoms with Gasteiger partial charge in [0.15, 0.2) is 6.10 Å². The van der Waals surface area contributed by atoms with E-state index < -0.39 is 6.10 Å². The quantitative estimate of drug-likeness (QED) is 0.335. The van der Waals surface area contributed by atoms with Gasteiger partial charge >= 0.3 is 5.97 Å². The molecule has 18 heavy (non-hydrogen) atoms. The molecule has 3 heteroatoms. The lowest BCUT2D eigenvalue weighted by molar-refractivity contribution is -0.144. The van der Waals surface area contributed by atoms with Gasteiger partial charge in [-0.15, -0.1) is 0 Å². The first-order valence-corrected chi connectivity index (χ1v) is 6.35. The van der Waals surface area contributed by atoms with Crippen LogP contribution < -0.4 is 0 Å².